The Hall–Kier alpha value is -2.41. The lowest BCUT2D eigenvalue weighted by Gasteiger charge is -2.17. The summed E-state index contributed by atoms with van der Waals surface area (Å²) < 4.78 is 24.8. The highest BCUT2D eigenvalue weighted by Crippen LogP contribution is 2.12. The molecule has 0 aliphatic heterocycles. The fourth-order valence-electron chi connectivity index (χ4n) is 2.17. The van der Waals surface area contributed by atoms with Crippen LogP contribution in [-0.4, -0.2) is 31.2 Å². The van der Waals surface area contributed by atoms with E-state index in [4.69, 9.17) is 0 Å². The van der Waals surface area contributed by atoms with Crippen molar-refractivity contribution < 1.29 is 13.2 Å². The lowest BCUT2D eigenvalue weighted by molar-refractivity contribution is 0.237. The molecule has 1 atom stereocenters. The first-order valence-corrected chi connectivity index (χ1v) is 9.37. The van der Waals surface area contributed by atoms with Gasteiger partial charge in [-0.05, 0) is 30.2 Å². The van der Waals surface area contributed by atoms with Crippen molar-refractivity contribution in [2.24, 2.45) is 0 Å². The summed E-state index contributed by atoms with van der Waals surface area (Å²) in [6.45, 7) is 2.17. The molecule has 128 valence electrons. The van der Waals surface area contributed by atoms with Gasteiger partial charge in [-0.15, -0.1) is 0 Å². The van der Waals surface area contributed by atoms with Crippen LogP contribution in [0.4, 0.5) is 4.79 Å². The molecule has 1 heterocycles. The predicted octanol–water partition coefficient (Wildman–Crippen LogP) is 2.13. The van der Waals surface area contributed by atoms with Crippen LogP contribution >= 0.6 is 0 Å². The van der Waals surface area contributed by atoms with Gasteiger partial charge in [-0.2, -0.15) is 0 Å². The van der Waals surface area contributed by atoms with Crippen LogP contribution in [0.5, 0.6) is 0 Å². The number of nitrogens with zero attached hydrogens (tertiary/aromatic N) is 1. The number of nitrogens with one attached hydrogen (secondary N) is 2. The third kappa shape index (κ3) is 5.34. The van der Waals surface area contributed by atoms with E-state index in [1.165, 1.54) is 0 Å². The topological polar surface area (TPSA) is 88.2 Å². The zero-order valence-corrected chi connectivity index (χ0v) is 14.3. The third-order valence-corrected chi connectivity index (χ3v) is 5.36. The van der Waals surface area contributed by atoms with Gasteiger partial charge in [-0.25, -0.2) is 13.2 Å². The average Bonchev–Trinajstić information content (AvgIpc) is 2.61. The Kier molecular flexibility index (Phi) is 6.31. The molecule has 2 amide bonds. The lowest BCUT2D eigenvalue weighted by Crippen LogP contribution is -2.44. The van der Waals surface area contributed by atoms with Gasteiger partial charge < -0.3 is 10.6 Å². The van der Waals surface area contributed by atoms with Crippen LogP contribution in [0, 0.1) is 0 Å². The maximum absolute atomic E-state index is 12.4. The summed E-state index contributed by atoms with van der Waals surface area (Å²) >= 11 is 0. The van der Waals surface area contributed by atoms with E-state index in [0.29, 0.717) is 13.0 Å². The Bertz CT molecular complexity index is 749. The number of aromatic nitrogens is 1. The molecule has 2 aromatic rings. The summed E-state index contributed by atoms with van der Waals surface area (Å²) in [5.74, 6) is -0.131. The molecule has 0 saturated heterocycles. The number of carbonyl (C=O) groups is 1. The van der Waals surface area contributed by atoms with Gasteiger partial charge in [0.1, 0.15) is 0 Å². The number of carbonyl (C=O) groups excluding carboxylic acids is 1. The second kappa shape index (κ2) is 8.44. The van der Waals surface area contributed by atoms with Gasteiger partial charge in [0.2, 0.25) is 0 Å². The van der Waals surface area contributed by atoms with Crippen molar-refractivity contribution in [1.29, 1.82) is 0 Å². The minimum Gasteiger partial charge on any atom is -0.334 e. The van der Waals surface area contributed by atoms with E-state index in [0.717, 1.165) is 5.56 Å². The van der Waals surface area contributed by atoms with Crippen LogP contribution in [0.3, 0.4) is 0 Å². The molecule has 1 aromatic carbocycles. The van der Waals surface area contributed by atoms with Gasteiger partial charge in [0.05, 0.1) is 10.6 Å². The number of sulfone groups is 1. The molecule has 0 spiro atoms. The minimum absolute atomic E-state index is 0.131. The highest BCUT2D eigenvalue weighted by Gasteiger charge is 2.21. The van der Waals surface area contributed by atoms with Crippen molar-refractivity contribution in [2.45, 2.75) is 30.8 Å². The number of hydrogen-bond acceptors (Lipinski definition) is 4. The van der Waals surface area contributed by atoms with E-state index >= 15 is 0 Å². The molecule has 0 saturated carbocycles. The second-order valence-corrected chi connectivity index (χ2v) is 7.42. The first-order chi connectivity index (χ1) is 11.5. The molecule has 7 heteroatoms. The maximum Gasteiger partial charge on any atom is 0.315 e. The largest absolute Gasteiger partial charge is 0.334 e. The SMILES string of the molecule is CC[C@@H](CS(=O)(=O)c1ccccc1)NC(=O)NCc1cccnc1. The molecule has 0 radical (unpaired) electrons. The van der Waals surface area contributed by atoms with Crippen LogP contribution in [-0.2, 0) is 16.4 Å². The number of rotatable bonds is 7. The monoisotopic (exact) mass is 347 g/mol. The van der Waals surface area contributed by atoms with Crippen LogP contribution in [0.1, 0.15) is 18.9 Å². The Morgan fingerprint density at radius 2 is 1.92 bits per heavy atom. The van der Waals surface area contributed by atoms with Gasteiger partial charge in [-0.1, -0.05) is 31.2 Å². The van der Waals surface area contributed by atoms with Gasteiger partial charge in [0, 0.05) is 25.0 Å². The zero-order valence-electron chi connectivity index (χ0n) is 13.5. The van der Waals surface area contributed by atoms with Crippen molar-refractivity contribution >= 4 is 15.9 Å². The minimum atomic E-state index is -3.44. The maximum atomic E-state index is 12.4. The standard InChI is InChI=1S/C17H21N3O3S/c1-2-15(13-24(22,23)16-8-4-3-5-9-16)20-17(21)19-12-14-7-6-10-18-11-14/h3-11,15H,2,12-13H2,1H3,(H2,19,20,21)/t15-/m0/s1. The summed E-state index contributed by atoms with van der Waals surface area (Å²) in [5.41, 5.74) is 0.873. The molecular weight excluding hydrogens is 326 g/mol. The number of benzene rings is 1. The predicted molar refractivity (Wildman–Crippen MR) is 92.2 cm³/mol. The molecular formula is C17H21N3O3S. The summed E-state index contributed by atoms with van der Waals surface area (Å²) in [6, 6.07) is 11.0. The van der Waals surface area contributed by atoms with Gasteiger partial charge in [-0.3, -0.25) is 4.98 Å². The number of amides is 2. The summed E-state index contributed by atoms with van der Waals surface area (Å²) in [6.07, 6.45) is 3.84. The number of hydrogen-bond donors (Lipinski definition) is 2. The molecule has 0 unspecified atom stereocenters. The molecule has 0 bridgehead atoms. The number of pyridine rings is 1. The van der Waals surface area contributed by atoms with Gasteiger partial charge >= 0.3 is 6.03 Å². The van der Waals surface area contributed by atoms with E-state index in [9.17, 15) is 13.2 Å². The van der Waals surface area contributed by atoms with Crippen LogP contribution in [0.15, 0.2) is 59.8 Å². The normalized spacial score (nSPS) is 12.4. The van der Waals surface area contributed by atoms with Gasteiger partial charge in [0.25, 0.3) is 0 Å². The van der Waals surface area contributed by atoms with Crippen molar-refractivity contribution in [3.63, 3.8) is 0 Å². The fraction of sp³-hybridized carbons (Fsp3) is 0.294. The molecule has 2 rings (SSSR count). The summed E-state index contributed by atoms with van der Waals surface area (Å²) in [7, 11) is -3.44. The van der Waals surface area contributed by atoms with Crippen molar-refractivity contribution in [3.05, 3.63) is 60.4 Å². The Morgan fingerprint density at radius 3 is 2.54 bits per heavy atom. The quantitative estimate of drug-likeness (QED) is 0.803. The molecule has 0 aliphatic rings. The van der Waals surface area contributed by atoms with Crippen LogP contribution in [0.25, 0.3) is 0 Å². The van der Waals surface area contributed by atoms with Crippen molar-refractivity contribution in [3.8, 4) is 0 Å². The Morgan fingerprint density at radius 1 is 1.17 bits per heavy atom. The van der Waals surface area contributed by atoms with E-state index in [-0.39, 0.29) is 10.6 Å². The zero-order chi connectivity index (χ0) is 17.4. The van der Waals surface area contributed by atoms with E-state index in [2.05, 4.69) is 15.6 Å². The van der Waals surface area contributed by atoms with E-state index < -0.39 is 21.9 Å². The van der Waals surface area contributed by atoms with Crippen molar-refractivity contribution in [1.82, 2.24) is 15.6 Å². The molecule has 6 nitrogen and oxygen atoms in total. The first kappa shape index (κ1) is 17.9. The molecule has 2 N–H and O–H groups in total. The van der Waals surface area contributed by atoms with Crippen LogP contribution in [0.2, 0.25) is 0 Å². The molecule has 0 fully saturated rings. The van der Waals surface area contributed by atoms with E-state index in [1.807, 2.05) is 13.0 Å². The Balaban J connectivity index is 1.90. The third-order valence-electron chi connectivity index (χ3n) is 3.53. The van der Waals surface area contributed by atoms with Crippen LogP contribution < -0.4 is 10.6 Å². The molecule has 24 heavy (non-hydrogen) atoms. The summed E-state index contributed by atoms with van der Waals surface area (Å²) in [5, 5.41) is 5.42. The first-order valence-electron chi connectivity index (χ1n) is 7.72. The second-order valence-electron chi connectivity index (χ2n) is 5.39. The van der Waals surface area contributed by atoms with Crippen molar-refractivity contribution in [2.75, 3.05) is 5.75 Å². The Labute approximate surface area is 142 Å². The fourth-order valence-corrected chi connectivity index (χ4v) is 3.78. The molecule has 1 aromatic heterocycles. The highest BCUT2D eigenvalue weighted by molar-refractivity contribution is 7.91. The van der Waals surface area contributed by atoms with Gasteiger partial charge in [0.15, 0.2) is 9.84 Å². The summed E-state index contributed by atoms with van der Waals surface area (Å²) in [4.78, 5) is 16.2. The smallest absolute Gasteiger partial charge is 0.315 e. The average molecular weight is 347 g/mol. The molecule has 0 aliphatic carbocycles. The lowest BCUT2D eigenvalue weighted by atomic mass is 10.2. The highest BCUT2D eigenvalue weighted by atomic mass is 32.2. The number of urea groups is 1. The van der Waals surface area contributed by atoms with E-state index in [1.54, 1.807) is 48.8 Å².